The molecule has 5 rings (SSSR count). The number of rotatable bonds is 5. The summed E-state index contributed by atoms with van der Waals surface area (Å²) in [4.78, 5) is 36.5. The number of carbonyl (C=O) groups is 1. The highest BCUT2D eigenvalue weighted by Gasteiger charge is 2.35. The number of aromatic nitrogens is 2. The zero-order valence-corrected chi connectivity index (χ0v) is 19.2. The summed E-state index contributed by atoms with van der Waals surface area (Å²) in [5.74, 6) is -0.486. The van der Waals surface area contributed by atoms with Crippen molar-refractivity contribution in [1.82, 2.24) is 9.55 Å². The third kappa shape index (κ3) is 4.02. The molecular weight excluding hydrogens is 446 g/mol. The van der Waals surface area contributed by atoms with Crippen molar-refractivity contribution in [2.75, 3.05) is 6.61 Å². The number of carbonyl (C=O) groups excluding carboxylic acids is 1. The first-order valence-corrected chi connectivity index (χ1v) is 11.7. The number of esters is 1. The van der Waals surface area contributed by atoms with E-state index in [1.54, 1.807) is 30.0 Å². The topological polar surface area (TPSA) is 73.6 Å². The lowest BCUT2D eigenvalue weighted by Crippen LogP contribution is -2.39. The number of hydrogen-bond acceptors (Lipinski definition) is 6. The molecule has 3 heterocycles. The molecule has 1 atom stereocenters. The summed E-state index contributed by atoms with van der Waals surface area (Å²) < 4.78 is 7.57. The van der Waals surface area contributed by atoms with E-state index in [-0.39, 0.29) is 12.2 Å². The van der Waals surface area contributed by atoms with E-state index in [2.05, 4.69) is 4.98 Å². The summed E-state index contributed by atoms with van der Waals surface area (Å²) in [5, 5.41) is 0. The molecule has 0 saturated heterocycles. The molecule has 0 aliphatic carbocycles. The van der Waals surface area contributed by atoms with Gasteiger partial charge in [0.1, 0.15) is 0 Å². The molecule has 6 nitrogen and oxygen atoms in total. The number of benzene rings is 2. The second-order valence-electron chi connectivity index (χ2n) is 7.63. The number of nitrogens with zero attached hydrogens (tertiary/aromatic N) is 3. The van der Waals surface area contributed by atoms with Crippen molar-refractivity contribution in [2.45, 2.75) is 13.0 Å². The number of thiazole rings is 1. The molecule has 0 N–H and O–H groups in total. The molecule has 0 unspecified atom stereocenters. The van der Waals surface area contributed by atoms with E-state index in [9.17, 15) is 9.59 Å². The van der Waals surface area contributed by atoms with Gasteiger partial charge >= 0.3 is 5.97 Å². The van der Waals surface area contributed by atoms with Crippen molar-refractivity contribution < 1.29 is 9.53 Å². The monoisotopic (exact) mass is 467 g/mol. The fourth-order valence-electron chi connectivity index (χ4n) is 4.00. The fraction of sp³-hybridized carbons (Fsp3) is 0.111. The first-order chi connectivity index (χ1) is 16.7. The van der Waals surface area contributed by atoms with Crippen molar-refractivity contribution in [3.05, 3.63) is 127 Å². The van der Waals surface area contributed by atoms with E-state index < -0.39 is 12.0 Å². The maximum atomic E-state index is 13.7. The molecule has 0 spiro atoms. The lowest BCUT2D eigenvalue weighted by Gasteiger charge is -2.25. The van der Waals surface area contributed by atoms with Gasteiger partial charge in [0.05, 0.1) is 28.5 Å². The molecule has 2 aromatic heterocycles. The van der Waals surface area contributed by atoms with Gasteiger partial charge in [0.15, 0.2) is 4.80 Å². The third-order valence-electron chi connectivity index (χ3n) is 5.47. The van der Waals surface area contributed by atoms with Gasteiger partial charge in [-0.1, -0.05) is 78.1 Å². The highest BCUT2D eigenvalue weighted by Crippen LogP contribution is 2.34. The Balaban J connectivity index is 1.84. The van der Waals surface area contributed by atoms with Crippen LogP contribution in [0.2, 0.25) is 0 Å². The van der Waals surface area contributed by atoms with Crippen LogP contribution >= 0.6 is 11.3 Å². The van der Waals surface area contributed by atoms with Gasteiger partial charge in [0, 0.05) is 18.0 Å². The van der Waals surface area contributed by atoms with Crippen LogP contribution in [-0.2, 0) is 9.53 Å². The Morgan fingerprint density at radius 1 is 1.06 bits per heavy atom. The van der Waals surface area contributed by atoms with Crippen LogP contribution in [0.4, 0.5) is 0 Å². The van der Waals surface area contributed by atoms with Gasteiger partial charge < -0.3 is 4.74 Å². The predicted octanol–water partition coefficient (Wildman–Crippen LogP) is 3.33. The van der Waals surface area contributed by atoms with Crippen molar-refractivity contribution in [3.8, 4) is 0 Å². The van der Waals surface area contributed by atoms with Crippen LogP contribution in [0.15, 0.2) is 101 Å². The van der Waals surface area contributed by atoms with Crippen LogP contribution in [0.1, 0.15) is 29.7 Å². The number of hydrogen-bond donors (Lipinski definition) is 0. The Bertz CT molecular complexity index is 1540. The quantitative estimate of drug-likeness (QED) is 0.422. The van der Waals surface area contributed by atoms with Gasteiger partial charge in [-0.15, -0.1) is 0 Å². The standard InChI is InChI=1S/C27H21N3O3S/c1-2-33-26(32)22-23(19-11-5-3-6-12-19)29-27-30(24(22)20-13-7-4-8-14-20)25(31)21(34-27)16-18-10-9-15-28-17-18/h3-17,24H,2H2,1H3/b21-16-/t24-/m1/s1. The van der Waals surface area contributed by atoms with Gasteiger partial charge in [-0.05, 0) is 30.2 Å². The van der Waals surface area contributed by atoms with Crippen molar-refractivity contribution in [1.29, 1.82) is 0 Å². The van der Waals surface area contributed by atoms with E-state index in [4.69, 9.17) is 9.73 Å². The first-order valence-electron chi connectivity index (χ1n) is 10.9. The highest BCUT2D eigenvalue weighted by molar-refractivity contribution is 7.07. The molecule has 1 aliphatic heterocycles. The Kier molecular flexibility index (Phi) is 6.01. The first kappa shape index (κ1) is 21.7. The summed E-state index contributed by atoms with van der Waals surface area (Å²) in [5.41, 5.74) is 3.06. The zero-order valence-electron chi connectivity index (χ0n) is 18.4. The Morgan fingerprint density at radius 2 is 1.79 bits per heavy atom. The Hall–Kier alpha value is -4.10. The smallest absolute Gasteiger partial charge is 0.338 e. The van der Waals surface area contributed by atoms with E-state index in [0.29, 0.717) is 20.6 Å². The van der Waals surface area contributed by atoms with Gasteiger partial charge in [0.25, 0.3) is 5.56 Å². The number of pyridine rings is 1. The lowest BCUT2D eigenvalue weighted by atomic mass is 9.93. The predicted molar refractivity (Wildman–Crippen MR) is 132 cm³/mol. The molecule has 34 heavy (non-hydrogen) atoms. The maximum Gasteiger partial charge on any atom is 0.338 e. The largest absolute Gasteiger partial charge is 0.463 e. The molecule has 7 heteroatoms. The minimum atomic E-state index is -0.664. The molecule has 0 fully saturated rings. The Morgan fingerprint density at radius 3 is 2.47 bits per heavy atom. The van der Waals surface area contributed by atoms with Gasteiger partial charge in [-0.2, -0.15) is 0 Å². The molecule has 0 saturated carbocycles. The summed E-state index contributed by atoms with van der Waals surface area (Å²) in [6, 6.07) is 22.1. The van der Waals surface area contributed by atoms with E-state index in [0.717, 1.165) is 16.7 Å². The minimum Gasteiger partial charge on any atom is -0.463 e. The minimum absolute atomic E-state index is 0.213. The molecule has 0 radical (unpaired) electrons. The average molecular weight is 468 g/mol. The molecule has 2 aromatic carbocycles. The Labute approximate surface area is 199 Å². The second-order valence-corrected chi connectivity index (χ2v) is 8.64. The fourth-order valence-corrected chi connectivity index (χ4v) is 5.00. The van der Waals surface area contributed by atoms with Crippen molar-refractivity contribution in [2.24, 2.45) is 4.99 Å². The summed E-state index contributed by atoms with van der Waals surface area (Å²) in [7, 11) is 0. The summed E-state index contributed by atoms with van der Waals surface area (Å²) >= 11 is 1.29. The summed E-state index contributed by atoms with van der Waals surface area (Å²) in [6.45, 7) is 1.98. The summed E-state index contributed by atoms with van der Waals surface area (Å²) in [6.07, 6.45) is 5.19. The van der Waals surface area contributed by atoms with Gasteiger partial charge in [-0.25, -0.2) is 9.79 Å². The average Bonchev–Trinajstić information content (AvgIpc) is 3.19. The number of ether oxygens (including phenoxy) is 1. The van der Waals surface area contributed by atoms with E-state index >= 15 is 0 Å². The van der Waals surface area contributed by atoms with Crippen molar-refractivity contribution in [3.63, 3.8) is 0 Å². The highest BCUT2D eigenvalue weighted by atomic mass is 32.1. The van der Waals surface area contributed by atoms with E-state index in [1.165, 1.54) is 11.3 Å². The second kappa shape index (κ2) is 9.41. The van der Waals surface area contributed by atoms with E-state index in [1.807, 2.05) is 72.8 Å². The van der Waals surface area contributed by atoms with Crippen LogP contribution in [0.3, 0.4) is 0 Å². The van der Waals surface area contributed by atoms with Crippen LogP contribution in [0, 0.1) is 0 Å². The maximum absolute atomic E-state index is 13.7. The third-order valence-corrected chi connectivity index (χ3v) is 6.45. The van der Waals surface area contributed by atoms with Crippen LogP contribution in [0.5, 0.6) is 0 Å². The molecule has 1 aliphatic rings. The molecule has 0 amide bonds. The van der Waals surface area contributed by atoms with Crippen molar-refractivity contribution >= 4 is 29.1 Å². The van der Waals surface area contributed by atoms with Crippen LogP contribution in [-0.4, -0.2) is 22.1 Å². The molecule has 4 aromatic rings. The van der Waals surface area contributed by atoms with Crippen LogP contribution in [0.25, 0.3) is 11.8 Å². The normalized spacial score (nSPS) is 15.6. The molecule has 0 bridgehead atoms. The van der Waals surface area contributed by atoms with Gasteiger partial charge in [-0.3, -0.25) is 14.3 Å². The SMILES string of the molecule is CCOC(=O)C1=C(c2ccccc2)N=c2s/c(=C\c3cccnc3)c(=O)n2[C@@H]1c1ccccc1. The molecular formula is C27H21N3O3S. The zero-order chi connectivity index (χ0) is 23.5. The van der Waals surface area contributed by atoms with Crippen LogP contribution < -0.4 is 14.9 Å². The lowest BCUT2D eigenvalue weighted by molar-refractivity contribution is -0.138. The van der Waals surface area contributed by atoms with Gasteiger partial charge in [0.2, 0.25) is 0 Å². The molecule has 168 valence electrons. The number of fused-ring (bicyclic) bond motifs is 1.